The van der Waals surface area contributed by atoms with Crippen LogP contribution in [0.15, 0.2) is 29.2 Å². The zero-order valence-corrected chi connectivity index (χ0v) is 14.4. The van der Waals surface area contributed by atoms with Gasteiger partial charge in [0.05, 0.1) is 5.75 Å². The minimum Gasteiger partial charge on any atom is -0.308 e. The van der Waals surface area contributed by atoms with E-state index in [1.807, 2.05) is 12.1 Å². The van der Waals surface area contributed by atoms with Crippen LogP contribution >= 0.6 is 11.8 Å². The van der Waals surface area contributed by atoms with Gasteiger partial charge in [-0.1, -0.05) is 19.1 Å². The molecule has 1 N–H and O–H groups in total. The maximum Gasteiger partial charge on any atom is 0.150 e. The van der Waals surface area contributed by atoms with Gasteiger partial charge in [0.1, 0.15) is 0 Å². The van der Waals surface area contributed by atoms with Crippen LogP contribution in [0, 0.1) is 0 Å². The van der Waals surface area contributed by atoms with Crippen LogP contribution in [-0.2, 0) is 16.4 Å². The average molecular weight is 316 g/mol. The van der Waals surface area contributed by atoms with Gasteiger partial charge >= 0.3 is 0 Å². The Morgan fingerprint density at radius 1 is 1.25 bits per heavy atom. The van der Waals surface area contributed by atoms with Crippen molar-refractivity contribution in [2.75, 3.05) is 17.3 Å². The molecule has 5 heteroatoms. The fourth-order valence-corrected chi connectivity index (χ4v) is 3.83. The van der Waals surface area contributed by atoms with E-state index in [1.165, 1.54) is 5.56 Å². The maximum absolute atomic E-state index is 11.4. The lowest BCUT2D eigenvalue weighted by Crippen LogP contribution is -2.35. The monoisotopic (exact) mass is 315 g/mol. The number of benzene rings is 1. The molecule has 0 unspecified atom stereocenters. The van der Waals surface area contributed by atoms with Crippen molar-refractivity contribution in [2.45, 2.75) is 44.7 Å². The molecule has 0 atom stereocenters. The molecule has 0 amide bonds. The molecule has 0 aliphatic carbocycles. The first kappa shape index (κ1) is 17.5. The van der Waals surface area contributed by atoms with Gasteiger partial charge in [-0.05, 0) is 38.5 Å². The van der Waals surface area contributed by atoms with Crippen molar-refractivity contribution in [3.8, 4) is 0 Å². The van der Waals surface area contributed by atoms with Crippen molar-refractivity contribution in [3.63, 3.8) is 0 Å². The fourth-order valence-electron chi connectivity index (χ4n) is 1.54. The summed E-state index contributed by atoms with van der Waals surface area (Å²) in [5.74, 6) is 1.09. The molecule has 0 aliphatic heterocycles. The first-order chi connectivity index (χ1) is 9.22. The van der Waals surface area contributed by atoms with Crippen LogP contribution in [0.1, 0.15) is 33.3 Å². The summed E-state index contributed by atoms with van der Waals surface area (Å²) in [7, 11) is -2.86. The molecule has 0 saturated heterocycles. The lowest BCUT2D eigenvalue weighted by atomic mass is 10.1. The number of thioether (sulfide) groups is 1. The summed E-state index contributed by atoms with van der Waals surface area (Å²) in [6.07, 6.45) is 0. The molecular weight excluding hydrogens is 290 g/mol. The second kappa shape index (κ2) is 7.48. The lowest BCUT2D eigenvalue weighted by Gasteiger charge is -2.20. The molecule has 1 aromatic carbocycles. The maximum atomic E-state index is 11.4. The molecule has 20 heavy (non-hydrogen) atoms. The molecule has 0 radical (unpaired) electrons. The molecular formula is C15H25NO2S2. The summed E-state index contributed by atoms with van der Waals surface area (Å²) in [4.78, 5) is 1.13. The van der Waals surface area contributed by atoms with Gasteiger partial charge in [-0.2, -0.15) is 0 Å². The Balaban J connectivity index is 2.52. The van der Waals surface area contributed by atoms with Crippen molar-refractivity contribution >= 4 is 21.6 Å². The molecule has 0 aliphatic rings. The van der Waals surface area contributed by atoms with Crippen LogP contribution in [-0.4, -0.2) is 31.2 Å². The van der Waals surface area contributed by atoms with Gasteiger partial charge in [-0.25, -0.2) is 8.42 Å². The van der Waals surface area contributed by atoms with Crippen molar-refractivity contribution in [3.05, 3.63) is 29.8 Å². The highest BCUT2D eigenvalue weighted by atomic mass is 32.2. The molecule has 0 saturated carbocycles. The predicted octanol–water partition coefficient (Wildman–Crippen LogP) is 3.10. The van der Waals surface area contributed by atoms with Gasteiger partial charge in [0.15, 0.2) is 9.84 Å². The molecule has 114 valence electrons. The smallest absolute Gasteiger partial charge is 0.150 e. The number of hydrogen-bond donors (Lipinski definition) is 1. The third-order valence-electron chi connectivity index (χ3n) is 2.82. The third kappa shape index (κ3) is 7.31. The second-order valence-corrected chi connectivity index (χ2v) is 9.48. The highest BCUT2D eigenvalue weighted by Crippen LogP contribution is 2.20. The van der Waals surface area contributed by atoms with E-state index in [4.69, 9.17) is 0 Å². The van der Waals surface area contributed by atoms with Gasteiger partial charge in [-0.3, -0.25) is 0 Å². The van der Waals surface area contributed by atoms with Crippen LogP contribution in [0.5, 0.6) is 0 Å². The van der Waals surface area contributed by atoms with Crippen molar-refractivity contribution < 1.29 is 8.42 Å². The van der Waals surface area contributed by atoms with Crippen LogP contribution in [0.4, 0.5) is 0 Å². The number of sulfone groups is 1. The summed E-state index contributed by atoms with van der Waals surface area (Å²) in [6.45, 7) is 8.94. The first-order valence-corrected chi connectivity index (χ1v) is 9.70. The molecule has 0 bridgehead atoms. The SMILES string of the molecule is CCS(=O)(=O)CCSc1cccc(CNC(C)(C)C)c1. The van der Waals surface area contributed by atoms with Crippen molar-refractivity contribution in [1.29, 1.82) is 0 Å². The normalized spacial score (nSPS) is 12.6. The van der Waals surface area contributed by atoms with E-state index >= 15 is 0 Å². The van der Waals surface area contributed by atoms with Crippen LogP contribution in [0.2, 0.25) is 0 Å². The first-order valence-electron chi connectivity index (χ1n) is 6.89. The predicted molar refractivity (Wildman–Crippen MR) is 88.1 cm³/mol. The largest absolute Gasteiger partial charge is 0.308 e. The van der Waals surface area contributed by atoms with E-state index < -0.39 is 9.84 Å². The van der Waals surface area contributed by atoms with Gasteiger partial charge < -0.3 is 5.32 Å². The number of rotatable bonds is 7. The van der Waals surface area contributed by atoms with Gasteiger partial charge in [0, 0.05) is 28.5 Å². The standard InChI is InChI=1S/C15H25NO2S2/c1-5-20(17,18)10-9-19-14-8-6-7-13(11-14)12-16-15(2,3)4/h6-8,11,16H,5,9-10,12H2,1-4H3. The van der Waals surface area contributed by atoms with Crippen LogP contribution < -0.4 is 5.32 Å². The summed E-state index contributed by atoms with van der Waals surface area (Å²) in [5.41, 5.74) is 1.32. The zero-order chi connectivity index (χ0) is 15.2. The minimum absolute atomic E-state index is 0.0956. The van der Waals surface area contributed by atoms with Crippen LogP contribution in [0.25, 0.3) is 0 Å². The molecule has 0 aromatic heterocycles. The van der Waals surface area contributed by atoms with E-state index in [-0.39, 0.29) is 17.0 Å². The minimum atomic E-state index is -2.86. The quantitative estimate of drug-likeness (QED) is 0.785. The Labute approximate surface area is 127 Å². The van der Waals surface area contributed by atoms with E-state index in [9.17, 15) is 8.42 Å². The molecule has 0 fully saturated rings. The van der Waals surface area contributed by atoms with Gasteiger partial charge in [-0.15, -0.1) is 11.8 Å². The third-order valence-corrected chi connectivity index (χ3v) is 5.78. The molecule has 1 rings (SSSR count). The number of nitrogens with one attached hydrogen (secondary N) is 1. The summed E-state index contributed by atoms with van der Waals surface area (Å²) in [5, 5.41) is 3.45. The van der Waals surface area contributed by atoms with E-state index in [2.05, 4.69) is 38.2 Å². The topological polar surface area (TPSA) is 46.2 Å². The second-order valence-electron chi connectivity index (χ2n) is 5.84. The average Bonchev–Trinajstić information content (AvgIpc) is 2.36. The Morgan fingerprint density at radius 2 is 1.95 bits per heavy atom. The van der Waals surface area contributed by atoms with E-state index in [1.54, 1.807) is 18.7 Å². The molecule has 3 nitrogen and oxygen atoms in total. The van der Waals surface area contributed by atoms with Crippen molar-refractivity contribution in [2.24, 2.45) is 0 Å². The summed E-state index contributed by atoms with van der Waals surface area (Å²) < 4.78 is 22.9. The summed E-state index contributed by atoms with van der Waals surface area (Å²) >= 11 is 1.60. The van der Waals surface area contributed by atoms with Gasteiger partial charge in [0.2, 0.25) is 0 Å². The Morgan fingerprint density at radius 3 is 2.55 bits per heavy atom. The highest BCUT2D eigenvalue weighted by molar-refractivity contribution is 8.00. The Kier molecular flexibility index (Phi) is 6.55. The zero-order valence-electron chi connectivity index (χ0n) is 12.8. The molecule has 0 heterocycles. The Hall–Kier alpha value is -0.520. The summed E-state index contributed by atoms with van der Waals surface area (Å²) in [6, 6.07) is 8.27. The number of hydrogen-bond acceptors (Lipinski definition) is 4. The van der Waals surface area contributed by atoms with Gasteiger partial charge in [0.25, 0.3) is 0 Å². The highest BCUT2D eigenvalue weighted by Gasteiger charge is 2.09. The van der Waals surface area contributed by atoms with E-state index in [0.717, 1.165) is 11.4 Å². The van der Waals surface area contributed by atoms with E-state index in [0.29, 0.717) is 5.75 Å². The van der Waals surface area contributed by atoms with Crippen molar-refractivity contribution in [1.82, 2.24) is 5.32 Å². The molecule has 0 spiro atoms. The molecule has 1 aromatic rings. The van der Waals surface area contributed by atoms with Crippen LogP contribution in [0.3, 0.4) is 0 Å². The fraction of sp³-hybridized carbons (Fsp3) is 0.600. The Bertz CT molecular complexity index is 519. The lowest BCUT2D eigenvalue weighted by molar-refractivity contribution is 0.424.